The molecule has 0 fully saturated rings. The van der Waals surface area contributed by atoms with Crippen LogP contribution >= 0.6 is 11.6 Å². The van der Waals surface area contributed by atoms with Crippen molar-refractivity contribution in [2.24, 2.45) is 0 Å². The molecule has 2 aromatic carbocycles. The second-order valence-corrected chi connectivity index (χ2v) is 11.1. The number of nitrogens with one attached hydrogen (secondary N) is 1. The molecule has 1 aromatic heterocycles. The summed E-state index contributed by atoms with van der Waals surface area (Å²) in [7, 11) is -6.52. The van der Waals surface area contributed by atoms with Crippen molar-refractivity contribution in [2.45, 2.75) is 22.0 Å². The summed E-state index contributed by atoms with van der Waals surface area (Å²) in [5, 5.41) is -1.05. The molecule has 0 spiro atoms. The fourth-order valence-electron chi connectivity index (χ4n) is 2.95. The lowest BCUT2D eigenvalue weighted by Gasteiger charge is -2.19. The zero-order valence-corrected chi connectivity index (χ0v) is 19.2. The number of aryl methyl sites for hydroxylation is 1. The maximum Gasteiger partial charge on any atom is 0.240 e. The van der Waals surface area contributed by atoms with Gasteiger partial charge in [-0.05, 0) is 48.9 Å². The summed E-state index contributed by atoms with van der Waals surface area (Å²) in [5.74, 6) is 0.329. The molecule has 0 bridgehead atoms. The molecule has 7 nitrogen and oxygen atoms in total. The van der Waals surface area contributed by atoms with Gasteiger partial charge < -0.3 is 4.74 Å². The molecule has 31 heavy (non-hydrogen) atoms. The highest BCUT2D eigenvalue weighted by atomic mass is 35.5. The van der Waals surface area contributed by atoms with Gasteiger partial charge in [-0.15, -0.1) is 0 Å². The standard InChI is InChI=1S/C21H21ClN2O5S2/c1-15-5-7-17(8-6-15)30(25,26)21(16-4-3-11-23-13-16)14-24-31(27,28)18-9-10-20(29-2)19(22)12-18/h3-13,21,24H,14H2,1-2H3. The van der Waals surface area contributed by atoms with E-state index >= 15 is 0 Å². The van der Waals surface area contributed by atoms with Gasteiger partial charge in [-0.1, -0.05) is 35.4 Å². The van der Waals surface area contributed by atoms with E-state index in [0.717, 1.165) is 5.56 Å². The highest BCUT2D eigenvalue weighted by Crippen LogP contribution is 2.30. The van der Waals surface area contributed by atoms with Gasteiger partial charge in [0.05, 0.1) is 21.9 Å². The lowest BCUT2D eigenvalue weighted by atomic mass is 10.2. The summed E-state index contributed by atoms with van der Waals surface area (Å²) >= 11 is 6.04. The van der Waals surface area contributed by atoms with Gasteiger partial charge in [0.2, 0.25) is 10.0 Å². The molecule has 10 heteroatoms. The number of hydrogen-bond acceptors (Lipinski definition) is 6. The molecule has 1 unspecified atom stereocenters. The van der Waals surface area contributed by atoms with E-state index < -0.39 is 25.1 Å². The number of hydrogen-bond donors (Lipinski definition) is 1. The van der Waals surface area contributed by atoms with E-state index in [-0.39, 0.29) is 21.4 Å². The van der Waals surface area contributed by atoms with Crippen LogP contribution in [0.25, 0.3) is 0 Å². The lowest BCUT2D eigenvalue weighted by molar-refractivity contribution is 0.414. The van der Waals surface area contributed by atoms with Gasteiger partial charge in [0, 0.05) is 18.9 Å². The first-order chi connectivity index (χ1) is 14.6. The summed E-state index contributed by atoms with van der Waals surface area (Å²) in [6, 6.07) is 13.6. The van der Waals surface area contributed by atoms with Crippen LogP contribution < -0.4 is 9.46 Å². The molecule has 1 atom stereocenters. The van der Waals surface area contributed by atoms with Gasteiger partial charge in [0.25, 0.3) is 0 Å². The van der Waals surface area contributed by atoms with Crippen molar-refractivity contribution in [2.75, 3.05) is 13.7 Å². The van der Waals surface area contributed by atoms with Gasteiger partial charge in [-0.2, -0.15) is 0 Å². The quantitative estimate of drug-likeness (QED) is 0.529. The maximum absolute atomic E-state index is 13.3. The molecule has 1 N–H and O–H groups in total. The van der Waals surface area contributed by atoms with Crippen LogP contribution in [0.3, 0.4) is 0 Å². The maximum atomic E-state index is 13.3. The number of halogens is 1. The minimum atomic E-state index is -4.03. The van der Waals surface area contributed by atoms with E-state index in [1.165, 1.54) is 49.8 Å². The van der Waals surface area contributed by atoms with E-state index in [1.807, 2.05) is 6.92 Å². The molecule has 0 aliphatic carbocycles. The van der Waals surface area contributed by atoms with Crippen molar-refractivity contribution in [1.29, 1.82) is 0 Å². The normalized spacial score (nSPS) is 13.0. The predicted molar refractivity (Wildman–Crippen MR) is 119 cm³/mol. The number of aromatic nitrogens is 1. The first kappa shape index (κ1) is 23.2. The van der Waals surface area contributed by atoms with E-state index in [1.54, 1.807) is 24.3 Å². The molecule has 0 radical (unpaired) electrons. The first-order valence-corrected chi connectivity index (χ1v) is 12.6. The Labute approximate surface area is 187 Å². The Balaban J connectivity index is 1.94. The Morgan fingerprint density at radius 3 is 2.29 bits per heavy atom. The van der Waals surface area contributed by atoms with Gasteiger partial charge >= 0.3 is 0 Å². The fraction of sp³-hybridized carbons (Fsp3) is 0.190. The van der Waals surface area contributed by atoms with E-state index in [4.69, 9.17) is 16.3 Å². The highest BCUT2D eigenvalue weighted by molar-refractivity contribution is 7.92. The van der Waals surface area contributed by atoms with Crippen LogP contribution in [0.2, 0.25) is 5.02 Å². The van der Waals surface area contributed by atoms with Gasteiger partial charge in [0.15, 0.2) is 9.84 Å². The second-order valence-electron chi connectivity index (χ2n) is 6.78. The molecule has 3 rings (SSSR count). The zero-order chi connectivity index (χ0) is 22.6. The summed E-state index contributed by atoms with van der Waals surface area (Å²) in [6.07, 6.45) is 2.93. The number of methoxy groups -OCH3 is 1. The van der Waals surface area contributed by atoms with Crippen LogP contribution in [-0.4, -0.2) is 35.5 Å². The van der Waals surface area contributed by atoms with Crippen molar-refractivity contribution in [3.05, 3.63) is 83.1 Å². The van der Waals surface area contributed by atoms with Crippen LogP contribution in [0.1, 0.15) is 16.4 Å². The molecule has 1 heterocycles. The Bertz CT molecular complexity index is 1260. The monoisotopic (exact) mass is 480 g/mol. The number of pyridine rings is 1. The van der Waals surface area contributed by atoms with Crippen LogP contribution in [-0.2, 0) is 19.9 Å². The Morgan fingerprint density at radius 2 is 1.71 bits per heavy atom. The zero-order valence-electron chi connectivity index (χ0n) is 16.8. The summed E-state index contributed by atoms with van der Waals surface area (Å²) in [4.78, 5) is 3.98. The predicted octanol–water partition coefficient (Wildman–Crippen LogP) is 3.55. The molecule has 0 aliphatic heterocycles. The highest BCUT2D eigenvalue weighted by Gasteiger charge is 2.31. The largest absolute Gasteiger partial charge is 0.495 e. The molecule has 164 valence electrons. The van der Waals surface area contributed by atoms with Crippen molar-refractivity contribution < 1.29 is 21.6 Å². The van der Waals surface area contributed by atoms with E-state index in [0.29, 0.717) is 11.3 Å². The van der Waals surface area contributed by atoms with Crippen molar-refractivity contribution in [3.63, 3.8) is 0 Å². The summed E-state index contributed by atoms with van der Waals surface area (Å²) in [5.41, 5.74) is 1.28. The van der Waals surface area contributed by atoms with Crippen LogP contribution in [0.4, 0.5) is 0 Å². The molecule has 0 saturated heterocycles. The van der Waals surface area contributed by atoms with Crippen molar-refractivity contribution in [3.8, 4) is 5.75 Å². The fourth-order valence-corrected chi connectivity index (χ4v) is 6.09. The van der Waals surface area contributed by atoms with Crippen LogP contribution in [0, 0.1) is 6.92 Å². The van der Waals surface area contributed by atoms with E-state index in [2.05, 4.69) is 9.71 Å². The Kier molecular flexibility index (Phi) is 7.00. The molecule has 0 aliphatic rings. The van der Waals surface area contributed by atoms with Crippen molar-refractivity contribution >= 4 is 31.5 Å². The third-order valence-corrected chi connectivity index (χ3v) is 8.51. The van der Waals surface area contributed by atoms with Crippen LogP contribution in [0.5, 0.6) is 5.75 Å². The summed E-state index contributed by atoms with van der Waals surface area (Å²) < 4.78 is 59.7. The summed E-state index contributed by atoms with van der Waals surface area (Å²) in [6.45, 7) is 1.47. The molecule has 3 aromatic rings. The number of sulfone groups is 1. The average molecular weight is 481 g/mol. The number of rotatable bonds is 8. The average Bonchev–Trinajstić information content (AvgIpc) is 2.74. The Hall–Kier alpha value is -2.46. The van der Waals surface area contributed by atoms with E-state index in [9.17, 15) is 16.8 Å². The third kappa shape index (κ3) is 5.24. The van der Waals surface area contributed by atoms with Crippen LogP contribution in [0.15, 0.2) is 76.8 Å². The van der Waals surface area contributed by atoms with Gasteiger partial charge in [0.1, 0.15) is 11.0 Å². The molecular formula is C21H21ClN2O5S2. The number of nitrogens with zero attached hydrogens (tertiary/aromatic N) is 1. The van der Waals surface area contributed by atoms with Gasteiger partial charge in [-0.3, -0.25) is 4.98 Å². The third-order valence-electron chi connectivity index (χ3n) is 4.67. The van der Waals surface area contributed by atoms with Gasteiger partial charge in [-0.25, -0.2) is 21.6 Å². The number of sulfonamides is 1. The Morgan fingerprint density at radius 1 is 1.03 bits per heavy atom. The SMILES string of the molecule is COc1ccc(S(=O)(=O)NCC(c2cccnc2)S(=O)(=O)c2ccc(C)cc2)cc1Cl. The second kappa shape index (κ2) is 9.35. The minimum Gasteiger partial charge on any atom is -0.495 e. The molecular weight excluding hydrogens is 460 g/mol. The number of benzene rings is 2. The first-order valence-electron chi connectivity index (χ1n) is 9.19. The minimum absolute atomic E-state index is 0.0960. The lowest BCUT2D eigenvalue weighted by Crippen LogP contribution is -2.32. The number of ether oxygens (including phenoxy) is 1. The molecule has 0 amide bonds. The smallest absolute Gasteiger partial charge is 0.240 e. The molecule has 0 saturated carbocycles. The van der Waals surface area contributed by atoms with Crippen molar-refractivity contribution in [1.82, 2.24) is 9.71 Å². The topological polar surface area (TPSA) is 102 Å².